The molecule has 0 N–H and O–H groups in total. The Hall–Kier alpha value is -2.14. The largest absolute Gasteiger partial charge is 0.339 e. The molecule has 0 bridgehead atoms. The lowest BCUT2D eigenvalue weighted by atomic mass is 9.82. The third-order valence-corrected chi connectivity index (χ3v) is 8.15. The van der Waals surface area contributed by atoms with Gasteiger partial charge in [-0.15, -0.1) is 11.3 Å². The molecule has 2 aromatic rings. The molecule has 152 valence electrons. The van der Waals surface area contributed by atoms with E-state index in [2.05, 4.69) is 29.6 Å². The highest BCUT2D eigenvalue weighted by molar-refractivity contribution is 7.10. The molecule has 0 radical (unpaired) electrons. The fraction of sp³-hybridized carbons (Fsp3) is 0.500. The van der Waals surface area contributed by atoms with E-state index in [0.717, 1.165) is 32.1 Å². The smallest absolute Gasteiger partial charge is 0.234 e. The second kappa shape index (κ2) is 7.60. The number of thiophene rings is 1. The predicted molar refractivity (Wildman–Crippen MR) is 115 cm³/mol. The van der Waals surface area contributed by atoms with E-state index in [1.54, 1.807) is 11.3 Å². The first-order chi connectivity index (χ1) is 14.2. The Morgan fingerprint density at radius 3 is 2.24 bits per heavy atom. The van der Waals surface area contributed by atoms with Gasteiger partial charge in [-0.25, -0.2) is 0 Å². The lowest BCUT2D eigenvalue weighted by Gasteiger charge is -2.39. The summed E-state index contributed by atoms with van der Waals surface area (Å²) >= 11 is 1.72. The van der Waals surface area contributed by atoms with Crippen LogP contribution in [0.1, 0.15) is 48.5 Å². The van der Waals surface area contributed by atoms with Crippen LogP contribution in [0.25, 0.3) is 0 Å². The van der Waals surface area contributed by atoms with Gasteiger partial charge in [0.15, 0.2) is 0 Å². The summed E-state index contributed by atoms with van der Waals surface area (Å²) in [6.45, 7) is 2.67. The molecule has 2 unspecified atom stereocenters. The zero-order chi connectivity index (χ0) is 19.8. The average Bonchev–Trinajstić information content (AvgIpc) is 3.15. The minimum atomic E-state index is -0.310. The number of carbonyl (C=O) groups is 2. The van der Waals surface area contributed by atoms with Crippen LogP contribution in [0.2, 0.25) is 0 Å². The van der Waals surface area contributed by atoms with Gasteiger partial charge in [0, 0.05) is 37.0 Å². The first-order valence-electron chi connectivity index (χ1n) is 10.9. The molecule has 3 aliphatic rings. The van der Waals surface area contributed by atoms with E-state index < -0.39 is 0 Å². The zero-order valence-electron chi connectivity index (χ0n) is 16.8. The monoisotopic (exact) mass is 408 g/mol. The Labute approximate surface area is 176 Å². The molecule has 4 nitrogen and oxygen atoms in total. The van der Waals surface area contributed by atoms with Gasteiger partial charge >= 0.3 is 0 Å². The Morgan fingerprint density at radius 1 is 0.897 bits per heavy atom. The van der Waals surface area contributed by atoms with E-state index >= 15 is 0 Å². The molecule has 1 aromatic heterocycles. The Kier molecular flexibility index (Phi) is 4.94. The molecule has 1 saturated heterocycles. The maximum absolute atomic E-state index is 13.5. The van der Waals surface area contributed by atoms with Crippen molar-refractivity contribution in [3.63, 3.8) is 0 Å². The summed E-state index contributed by atoms with van der Waals surface area (Å²) in [6, 6.07) is 14.6. The van der Waals surface area contributed by atoms with Crippen molar-refractivity contribution < 1.29 is 9.59 Å². The van der Waals surface area contributed by atoms with Crippen LogP contribution in [0, 0.1) is 5.92 Å². The standard InChI is InChI=1S/C24H28N2O2S/c27-22(20-17-19(20)18-7-2-1-3-8-18)25-12-14-26(15-13-25)23(28)24(10-4-5-11-24)21-9-6-16-29-21/h1-3,6-9,16,19-20H,4-5,10-15,17H2. The van der Waals surface area contributed by atoms with Crippen LogP contribution >= 0.6 is 11.3 Å². The summed E-state index contributed by atoms with van der Waals surface area (Å²) < 4.78 is 0. The maximum Gasteiger partial charge on any atom is 0.234 e. The maximum atomic E-state index is 13.5. The van der Waals surface area contributed by atoms with Gasteiger partial charge in [0.2, 0.25) is 11.8 Å². The number of benzene rings is 1. The number of nitrogens with zero attached hydrogens (tertiary/aromatic N) is 2. The molecule has 2 amide bonds. The highest BCUT2D eigenvalue weighted by Crippen LogP contribution is 2.48. The van der Waals surface area contributed by atoms with Crippen molar-refractivity contribution in [1.29, 1.82) is 0 Å². The summed E-state index contributed by atoms with van der Waals surface area (Å²) in [5.41, 5.74) is 0.966. The van der Waals surface area contributed by atoms with Crippen LogP contribution in [0.5, 0.6) is 0 Å². The predicted octanol–water partition coefficient (Wildman–Crippen LogP) is 4.03. The van der Waals surface area contributed by atoms with Crippen LogP contribution in [-0.4, -0.2) is 47.8 Å². The van der Waals surface area contributed by atoms with Gasteiger partial charge in [-0.3, -0.25) is 9.59 Å². The van der Waals surface area contributed by atoms with Crippen LogP contribution in [0.4, 0.5) is 0 Å². The lowest BCUT2D eigenvalue weighted by Crippen LogP contribution is -2.55. The molecule has 29 heavy (non-hydrogen) atoms. The zero-order valence-corrected chi connectivity index (χ0v) is 17.6. The number of hydrogen-bond donors (Lipinski definition) is 0. The fourth-order valence-electron chi connectivity index (χ4n) is 5.30. The van der Waals surface area contributed by atoms with Crippen molar-refractivity contribution in [2.24, 2.45) is 5.92 Å². The van der Waals surface area contributed by atoms with E-state index in [1.807, 2.05) is 28.0 Å². The number of hydrogen-bond acceptors (Lipinski definition) is 3. The fourth-order valence-corrected chi connectivity index (χ4v) is 6.28. The molecule has 1 aromatic carbocycles. The van der Waals surface area contributed by atoms with Crippen LogP contribution in [0.15, 0.2) is 47.8 Å². The minimum absolute atomic E-state index is 0.131. The summed E-state index contributed by atoms with van der Waals surface area (Å²) in [5.74, 6) is 1.08. The first kappa shape index (κ1) is 18.9. The number of carbonyl (C=O) groups excluding carboxylic acids is 2. The summed E-state index contributed by atoms with van der Waals surface area (Å²) in [5, 5.41) is 2.08. The minimum Gasteiger partial charge on any atom is -0.339 e. The average molecular weight is 409 g/mol. The Balaban J connectivity index is 1.21. The molecular formula is C24H28N2O2S. The van der Waals surface area contributed by atoms with Crippen LogP contribution < -0.4 is 0 Å². The van der Waals surface area contributed by atoms with E-state index in [9.17, 15) is 9.59 Å². The first-order valence-corrected chi connectivity index (χ1v) is 11.7. The second-order valence-corrected chi connectivity index (χ2v) is 9.69. The molecule has 2 aliphatic carbocycles. The van der Waals surface area contributed by atoms with Gasteiger partial charge in [0.1, 0.15) is 0 Å². The van der Waals surface area contributed by atoms with Crippen LogP contribution in [0.3, 0.4) is 0 Å². The molecule has 0 spiro atoms. The van der Waals surface area contributed by atoms with Crippen molar-refractivity contribution in [3.8, 4) is 0 Å². The van der Waals surface area contributed by atoms with Crippen molar-refractivity contribution in [3.05, 3.63) is 58.3 Å². The van der Waals surface area contributed by atoms with Crippen molar-refractivity contribution in [2.45, 2.75) is 43.4 Å². The van der Waals surface area contributed by atoms with Gasteiger partial charge in [-0.05, 0) is 42.2 Å². The Morgan fingerprint density at radius 2 is 1.59 bits per heavy atom. The van der Waals surface area contributed by atoms with E-state index in [4.69, 9.17) is 0 Å². The lowest BCUT2D eigenvalue weighted by molar-refractivity contribution is -0.143. The second-order valence-electron chi connectivity index (χ2n) is 8.74. The van der Waals surface area contributed by atoms with Gasteiger partial charge in [-0.1, -0.05) is 49.2 Å². The highest BCUT2D eigenvalue weighted by Gasteiger charge is 2.48. The molecule has 2 atom stereocenters. The summed E-state index contributed by atoms with van der Waals surface area (Å²) in [4.78, 5) is 31.7. The normalized spacial score (nSPS) is 25.8. The molecule has 2 saturated carbocycles. The van der Waals surface area contributed by atoms with Crippen molar-refractivity contribution >= 4 is 23.2 Å². The number of piperazine rings is 1. The topological polar surface area (TPSA) is 40.6 Å². The molecule has 5 rings (SSSR count). The van der Waals surface area contributed by atoms with Crippen molar-refractivity contribution in [1.82, 2.24) is 9.80 Å². The van der Waals surface area contributed by atoms with Gasteiger partial charge < -0.3 is 9.80 Å². The highest BCUT2D eigenvalue weighted by atomic mass is 32.1. The van der Waals surface area contributed by atoms with E-state index in [-0.39, 0.29) is 23.1 Å². The molecule has 5 heteroatoms. The SMILES string of the molecule is O=C(C1CC1c1ccccc1)N1CCN(C(=O)C2(c3cccs3)CCCC2)CC1. The summed E-state index contributed by atoms with van der Waals surface area (Å²) in [6.07, 6.45) is 5.15. The molecular weight excluding hydrogens is 380 g/mol. The summed E-state index contributed by atoms with van der Waals surface area (Å²) in [7, 11) is 0. The third-order valence-electron chi connectivity index (χ3n) is 7.07. The Bertz CT molecular complexity index is 866. The van der Waals surface area contributed by atoms with E-state index in [1.165, 1.54) is 10.4 Å². The third kappa shape index (κ3) is 3.39. The van der Waals surface area contributed by atoms with Gasteiger partial charge in [-0.2, -0.15) is 0 Å². The number of amides is 2. The molecule has 1 aliphatic heterocycles. The number of rotatable bonds is 4. The van der Waals surface area contributed by atoms with E-state index in [0.29, 0.717) is 32.1 Å². The van der Waals surface area contributed by atoms with Gasteiger partial charge in [0.05, 0.1) is 5.41 Å². The molecule has 3 fully saturated rings. The van der Waals surface area contributed by atoms with Crippen molar-refractivity contribution in [2.75, 3.05) is 26.2 Å². The van der Waals surface area contributed by atoms with Gasteiger partial charge in [0.25, 0.3) is 0 Å². The molecule has 2 heterocycles. The quantitative estimate of drug-likeness (QED) is 0.766. The van der Waals surface area contributed by atoms with Crippen LogP contribution in [-0.2, 0) is 15.0 Å².